The first kappa shape index (κ1) is 16.5. The summed E-state index contributed by atoms with van der Waals surface area (Å²) in [6, 6.07) is 8.33. The molecule has 0 radical (unpaired) electrons. The number of aryl methyl sites for hydroxylation is 1. The highest BCUT2D eigenvalue weighted by Crippen LogP contribution is 2.29. The molecule has 1 aromatic heterocycles. The Kier molecular flexibility index (Phi) is 6.70. The summed E-state index contributed by atoms with van der Waals surface area (Å²) in [5.41, 5.74) is 2.30. The van der Waals surface area contributed by atoms with E-state index in [2.05, 4.69) is 51.7 Å². The molecule has 0 saturated heterocycles. The zero-order valence-electron chi connectivity index (χ0n) is 12.3. The maximum absolute atomic E-state index is 6.04. The highest BCUT2D eigenvalue weighted by atomic mass is 79.9. The molecule has 2 rings (SSSR count). The van der Waals surface area contributed by atoms with Crippen LogP contribution in [0.3, 0.4) is 0 Å². The van der Waals surface area contributed by atoms with Gasteiger partial charge in [0.05, 0.1) is 6.61 Å². The Morgan fingerprint density at radius 1 is 1.33 bits per heavy atom. The third-order valence-electron chi connectivity index (χ3n) is 3.05. The number of thiophene rings is 1. The van der Waals surface area contributed by atoms with Gasteiger partial charge in [-0.1, -0.05) is 22.0 Å². The van der Waals surface area contributed by atoms with Crippen molar-refractivity contribution >= 4 is 27.3 Å². The van der Waals surface area contributed by atoms with E-state index in [-0.39, 0.29) is 0 Å². The minimum Gasteiger partial charge on any atom is -0.487 e. The lowest BCUT2D eigenvalue weighted by molar-refractivity contribution is 0.199. The van der Waals surface area contributed by atoms with Crippen LogP contribution in [0.25, 0.3) is 0 Å². The minimum absolute atomic E-state index is 0.616. The fourth-order valence-electron chi connectivity index (χ4n) is 2.07. The molecule has 1 aromatic carbocycles. The Balaban J connectivity index is 2.06. The third kappa shape index (κ3) is 5.11. The van der Waals surface area contributed by atoms with Gasteiger partial charge in [0.15, 0.2) is 0 Å². The smallest absolute Gasteiger partial charge is 0.127 e. The summed E-state index contributed by atoms with van der Waals surface area (Å²) >= 11 is 5.27. The largest absolute Gasteiger partial charge is 0.487 e. The molecule has 5 heteroatoms. The van der Waals surface area contributed by atoms with E-state index in [1.54, 1.807) is 18.4 Å². The van der Waals surface area contributed by atoms with Gasteiger partial charge in [0.25, 0.3) is 0 Å². The fourth-order valence-corrected chi connectivity index (χ4v) is 3.31. The molecular formula is C16H20BrNO2S. The number of hydrogen-bond donors (Lipinski definition) is 1. The van der Waals surface area contributed by atoms with Gasteiger partial charge in [-0.25, -0.2) is 0 Å². The Labute approximate surface area is 138 Å². The van der Waals surface area contributed by atoms with Crippen molar-refractivity contribution in [2.24, 2.45) is 0 Å². The topological polar surface area (TPSA) is 30.5 Å². The van der Waals surface area contributed by atoms with Crippen molar-refractivity contribution in [2.75, 3.05) is 20.3 Å². The van der Waals surface area contributed by atoms with Gasteiger partial charge in [0, 0.05) is 35.1 Å². The van der Waals surface area contributed by atoms with Gasteiger partial charge in [0.1, 0.15) is 12.4 Å². The van der Waals surface area contributed by atoms with Gasteiger partial charge in [-0.3, -0.25) is 0 Å². The molecule has 114 valence electrons. The molecule has 0 aliphatic rings. The predicted molar refractivity (Wildman–Crippen MR) is 91.1 cm³/mol. The van der Waals surface area contributed by atoms with Crippen LogP contribution in [0.1, 0.15) is 16.0 Å². The first-order chi connectivity index (χ1) is 10.2. The third-order valence-corrected chi connectivity index (χ3v) is 4.36. The maximum atomic E-state index is 6.04. The first-order valence-electron chi connectivity index (χ1n) is 6.84. The van der Waals surface area contributed by atoms with Gasteiger partial charge >= 0.3 is 0 Å². The van der Waals surface area contributed by atoms with Gasteiger partial charge in [0.2, 0.25) is 0 Å². The van der Waals surface area contributed by atoms with E-state index in [4.69, 9.17) is 9.47 Å². The molecule has 21 heavy (non-hydrogen) atoms. The molecule has 0 fully saturated rings. The lowest BCUT2D eigenvalue weighted by Gasteiger charge is -2.15. The summed E-state index contributed by atoms with van der Waals surface area (Å²) in [7, 11) is 1.71. The minimum atomic E-state index is 0.616. The van der Waals surface area contributed by atoms with Gasteiger partial charge in [-0.15, -0.1) is 11.3 Å². The Morgan fingerprint density at radius 3 is 2.90 bits per heavy atom. The van der Waals surface area contributed by atoms with Gasteiger partial charge in [-0.05, 0) is 36.1 Å². The molecule has 1 N–H and O–H groups in total. The summed E-state index contributed by atoms with van der Waals surface area (Å²) < 4.78 is 12.2. The van der Waals surface area contributed by atoms with E-state index < -0.39 is 0 Å². The van der Waals surface area contributed by atoms with Crippen LogP contribution in [0, 0.1) is 6.92 Å². The van der Waals surface area contributed by atoms with Crippen molar-refractivity contribution in [1.29, 1.82) is 0 Å². The average molecular weight is 370 g/mol. The van der Waals surface area contributed by atoms with Crippen LogP contribution in [0.5, 0.6) is 5.75 Å². The van der Waals surface area contributed by atoms with Crippen LogP contribution in [0.2, 0.25) is 0 Å². The number of halogens is 1. The summed E-state index contributed by atoms with van der Waals surface area (Å²) in [6.07, 6.45) is 0. The zero-order valence-corrected chi connectivity index (χ0v) is 14.7. The van der Waals surface area contributed by atoms with E-state index in [0.29, 0.717) is 13.2 Å². The quantitative estimate of drug-likeness (QED) is 0.709. The highest BCUT2D eigenvalue weighted by molar-refractivity contribution is 9.10. The second-order valence-corrected chi connectivity index (χ2v) is 6.70. The molecule has 0 saturated carbocycles. The molecule has 0 bridgehead atoms. The number of ether oxygens (including phenoxy) is 2. The zero-order chi connectivity index (χ0) is 15.1. The first-order valence-corrected chi connectivity index (χ1v) is 8.52. The molecule has 2 aromatic rings. The van der Waals surface area contributed by atoms with Crippen LogP contribution in [0.4, 0.5) is 0 Å². The summed E-state index contributed by atoms with van der Waals surface area (Å²) in [4.78, 5) is 1.23. The van der Waals surface area contributed by atoms with E-state index in [1.165, 1.54) is 4.88 Å². The van der Waals surface area contributed by atoms with Crippen molar-refractivity contribution < 1.29 is 9.47 Å². The Bertz CT molecular complexity index is 558. The van der Waals surface area contributed by atoms with Crippen molar-refractivity contribution in [3.8, 4) is 5.75 Å². The van der Waals surface area contributed by atoms with Crippen molar-refractivity contribution in [2.45, 2.75) is 20.1 Å². The van der Waals surface area contributed by atoms with Crippen LogP contribution in [-0.2, 0) is 17.9 Å². The number of hydrogen-bond acceptors (Lipinski definition) is 4. The lowest BCUT2D eigenvalue weighted by atomic mass is 10.1. The van der Waals surface area contributed by atoms with Crippen molar-refractivity contribution in [3.05, 3.63) is 50.1 Å². The van der Waals surface area contributed by atoms with Gasteiger partial charge in [-0.2, -0.15) is 0 Å². The summed E-state index contributed by atoms with van der Waals surface area (Å²) in [5, 5.41) is 5.44. The SMILES string of the molecule is COCCNCc1cc(Br)cc(C)c1OCc1cccs1. The molecule has 1 heterocycles. The number of benzene rings is 1. The van der Waals surface area contributed by atoms with E-state index in [0.717, 1.165) is 34.4 Å². The average Bonchev–Trinajstić information content (AvgIpc) is 2.95. The standard InChI is InChI=1S/C16H20BrNO2S/c1-12-8-14(17)9-13(10-18-5-6-19-2)16(12)20-11-15-4-3-7-21-15/h3-4,7-9,18H,5-6,10-11H2,1-2H3. The Hall–Kier alpha value is -0.880. The monoisotopic (exact) mass is 369 g/mol. The number of methoxy groups -OCH3 is 1. The molecule has 0 aliphatic heterocycles. The van der Waals surface area contributed by atoms with Crippen molar-refractivity contribution in [1.82, 2.24) is 5.32 Å². The normalized spacial score (nSPS) is 10.8. The molecule has 0 atom stereocenters. The second-order valence-electron chi connectivity index (χ2n) is 4.75. The van der Waals surface area contributed by atoms with Gasteiger partial charge < -0.3 is 14.8 Å². The van der Waals surface area contributed by atoms with E-state index in [9.17, 15) is 0 Å². The summed E-state index contributed by atoms with van der Waals surface area (Å²) in [5.74, 6) is 0.969. The van der Waals surface area contributed by atoms with Crippen LogP contribution in [0.15, 0.2) is 34.1 Å². The summed E-state index contributed by atoms with van der Waals surface area (Å²) in [6.45, 7) is 4.99. The van der Waals surface area contributed by atoms with Crippen LogP contribution in [-0.4, -0.2) is 20.3 Å². The highest BCUT2D eigenvalue weighted by Gasteiger charge is 2.09. The molecule has 0 aliphatic carbocycles. The van der Waals surface area contributed by atoms with Crippen LogP contribution >= 0.6 is 27.3 Å². The second kappa shape index (κ2) is 8.54. The maximum Gasteiger partial charge on any atom is 0.127 e. The Morgan fingerprint density at radius 2 is 2.19 bits per heavy atom. The fraction of sp³-hybridized carbons (Fsp3) is 0.375. The van der Waals surface area contributed by atoms with E-state index >= 15 is 0 Å². The molecular weight excluding hydrogens is 350 g/mol. The molecule has 0 spiro atoms. The van der Waals surface area contributed by atoms with E-state index in [1.807, 2.05) is 6.07 Å². The number of rotatable bonds is 8. The number of nitrogens with one attached hydrogen (secondary N) is 1. The molecule has 0 unspecified atom stereocenters. The molecule has 0 amide bonds. The molecule has 3 nitrogen and oxygen atoms in total. The van der Waals surface area contributed by atoms with Crippen LogP contribution < -0.4 is 10.1 Å². The predicted octanol–water partition coefficient (Wildman–Crippen LogP) is 4.13. The van der Waals surface area contributed by atoms with Crippen molar-refractivity contribution in [3.63, 3.8) is 0 Å². The lowest BCUT2D eigenvalue weighted by Crippen LogP contribution is -2.19.